The summed E-state index contributed by atoms with van der Waals surface area (Å²) >= 11 is 3.32. The normalized spacial score (nSPS) is 14.9. The van der Waals surface area contributed by atoms with Gasteiger partial charge in [0.05, 0.1) is 24.1 Å². The van der Waals surface area contributed by atoms with E-state index in [1.165, 1.54) is 6.07 Å². The lowest BCUT2D eigenvalue weighted by Crippen LogP contribution is -2.22. The third-order valence-corrected chi connectivity index (χ3v) is 3.65. The Hall–Kier alpha value is -1.20. The molecule has 0 amide bonds. The van der Waals surface area contributed by atoms with Crippen molar-refractivity contribution in [3.63, 3.8) is 0 Å². The van der Waals surface area contributed by atoms with Crippen molar-refractivity contribution in [3.8, 4) is 0 Å². The van der Waals surface area contributed by atoms with E-state index in [0.717, 1.165) is 5.69 Å². The second-order valence-electron chi connectivity index (χ2n) is 3.99. The predicted molar refractivity (Wildman–Crippen MR) is 65.6 cm³/mol. The molecule has 0 radical (unpaired) electrons. The molecule has 0 aliphatic carbocycles. The molecular formula is C12H9BrFNO2. The largest absolute Gasteiger partial charge is 0.376 e. The fourth-order valence-corrected chi connectivity index (χ4v) is 2.55. The number of aromatic nitrogens is 1. The maximum Gasteiger partial charge on any atom is 0.198 e. The Labute approximate surface area is 105 Å². The number of benzene rings is 1. The van der Waals surface area contributed by atoms with E-state index in [1.54, 1.807) is 6.07 Å². The zero-order valence-corrected chi connectivity index (χ0v) is 10.4. The lowest BCUT2D eigenvalue weighted by atomic mass is 10.1. The van der Waals surface area contributed by atoms with Crippen molar-refractivity contribution < 1.29 is 9.13 Å². The van der Waals surface area contributed by atoms with Crippen LogP contribution < -0.4 is 5.43 Å². The number of ether oxygens (including phenoxy) is 1. The average Bonchev–Trinajstić information content (AvgIpc) is 2.34. The molecule has 0 fully saturated rings. The number of aromatic amines is 1. The van der Waals surface area contributed by atoms with Gasteiger partial charge < -0.3 is 9.72 Å². The molecule has 17 heavy (non-hydrogen) atoms. The number of nitrogens with one attached hydrogen (secondary N) is 1. The topological polar surface area (TPSA) is 42.1 Å². The highest BCUT2D eigenvalue weighted by Gasteiger charge is 2.19. The van der Waals surface area contributed by atoms with Gasteiger partial charge in [-0.2, -0.15) is 0 Å². The minimum atomic E-state index is -0.502. The van der Waals surface area contributed by atoms with Gasteiger partial charge in [0.25, 0.3) is 0 Å². The molecule has 88 valence electrons. The molecule has 0 saturated carbocycles. The molecular weight excluding hydrogens is 289 g/mol. The summed E-state index contributed by atoms with van der Waals surface area (Å²) in [5.41, 5.74) is 1.64. The second-order valence-corrected chi connectivity index (χ2v) is 4.85. The zero-order chi connectivity index (χ0) is 12.0. The summed E-state index contributed by atoms with van der Waals surface area (Å²) in [4.78, 5) is 15.3. The highest BCUT2D eigenvalue weighted by molar-refractivity contribution is 9.10. The summed E-state index contributed by atoms with van der Waals surface area (Å²) in [5, 5.41) is 0.101. The van der Waals surface area contributed by atoms with Crippen molar-refractivity contribution in [2.45, 2.75) is 13.0 Å². The quantitative estimate of drug-likeness (QED) is 0.812. The Bertz CT molecular complexity index is 666. The summed E-state index contributed by atoms with van der Waals surface area (Å²) < 4.78 is 19.7. The van der Waals surface area contributed by atoms with E-state index in [2.05, 4.69) is 20.9 Å². The van der Waals surface area contributed by atoms with Gasteiger partial charge in [0.2, 0.25) is 0 Å². The van der Waals surface area contributed by atoms with Crippen LogP contribution in [-0.2, 0) is 17.8 Å². The number of H-pyrrole nitrogens is 1. The second kappa shape index (κ2) is 3.92. The first-order chi connectivity index (χ1) is 8.18. The maximum atomic E-state index is 13.7. The van der Waals surface area contributed by atoms with E-state index in [1.807, 2.05) is 0 Å². The van der Waals surface area contributed by atoms with E-state index >= 15 is 0 Å². The first-order valence-electron chi connectivity index (χ1n) is 5.28. The number of rotatable bonds is 0. The van der Waals surface area contributed by atoms with Gasteiger partial charge in [-0.15, -0.1) is 0 Å². The average molecular weight is 298 g/mol. The summed E-state index contributed by atoms with van der Waals surface area (Å²) in [5.74, 6) is -0.502. The first-order valence-corrected chi connectivity index (χ1v) is 6.07. The van der Waals surface area contributed by atoms with Crippen LogP contribution in [0.15, 0.2) is 21.4 Å². The predicted octanol–water partition coefficient (Wildman–Crippen LogP) is 2.50. The molecule has 1 aliphatic rings. The van der Waals surface area contributed by atoms with Gasteiger partial charge in [0.15, 0.2) is 5.43 Å². The molecule has 3 rings (SSSR count). The van der Waals surface area contributed by atoms with E-state index in [9.17, 15) is 9.18 Å². The van der Waals surface area contributed by atoms with Gasteiger partial charge in [-0.05, 0) is 28.1 Å². The molecule has 5 heteroatoms. The molecule has 1 aromatic carbocycles. The van der Waals surface area contributed by atoms with Gasteiger partial charge in [-0.25, -0.2) is 4.39 Å². The Morgan fingerprint density at radius 2 is 2.24 bits per heavy atom. The molecule has 0 saturated heterocycles. The van der Waals surface area contributed by atoms with Crippen LogP contribution in [0.3, 0.4) is 0 Å². The fraction of sp³-hybridized carbons (Fsp3) is 0.250. The number of hydrogen-bond acceptors (Lipinski definition) is 2. The van der Waals surface area contributed by atoms with Crippen LogP contribution in [0, 0.1) is 5.82 Å². The third kappa shape index (κ3) is 1.61. The van der Waals surface area contributed by atoms with Crippen molar-refractivity contribution in [3.05, 3.63) is 43.9 Å². The standard InChI is InChI=1S/C12H9BrFNO2/c13-7-1-2-8(14)10-11(7)15-9-3-4-17-5-6(9)12(10)16/h1-2H,3-5H2,(H,15,16). The van der Waals surface area contributed by atoms with E-state index in [4.69, 9.17) is 4.74 Å². The molecule has 0 bridgehead atoms. The maximum absolute atomic E-state index is 13.7. The molecule has 0 atom stereocenters. The zero-order valence-electron chi connectivity index (χ0n) is 8.85. The lowest BCUT2D eigenvalue weighted by molar-refractivity contribution is 0.108. The van der Waals surface area contributed by atoms with Gasteiger partial charge in [0.1, 0.15) is 5.82 Å². The Kier molecular flexibility index (Phi) is 2.52. The summed E-state index contributed by atoms with van der Waals surface area (Å²) in [6.45, 7) is 0.841. The molecule has 2 aromatic rings. The summed E-state index contributed by atoms with van der Waals surface area (Å²) in [6, 6.07) is 2.89. The van der Waals surface area contributed by atoms with Crippen LogP contribution in [0.2, 0.25) is 0 Å². The first kappa shape index (κ1) is 10.9. The number of fused-ring (bicyclic) bond motifs is 2. The SMILES string of the molecule is O=c1c2c([nH]c3c(Br)ccc(F)c13)CCOC2. The van der Waals surface area contributed by atoms with Gasteiger partial charge in [0, 0.05) is 22.2 Å². The van der Waals surface area contributed by atoms with Gasteiger partial charge >= 0.3 is 0 Å². The third-order valence-electron chi connectivity index (χ3n) is 2.99. The number of pyridine rings is 1. The van der Waals surface area contributed by atoms with E-state index in [0.29, 0.717) is 28.6 Å². The van der Waals surface area contributed by atoms with Gasteiger partial charge in [-0.1, -0.05) is 0 Å². The van der Waals surface area contributed by atoms with Crippen molar-refractivity contribution >= 4 is 26.8 Å². The Morgan fingerprint density at radius 3 is 3.06 bits per heavy atom. The molecule has 0 spiro atoms. The number of hydrogen-bond donors (Lipinski definition) is 1. The van der Waals surface area contributed by atoms with Crippen LogP contribution in [0.4, 0.5) is 4.39 Å². The highest BCUT2D eigenvalue weighted by atomic mass is 79.9. The van der Waals surface area contributed by atoms with Gasteiger partial charge in [-0.3, -0.25) is 4.79 Å². The molecule has 1 aliphatic heterocycles. The molecule has 1 N–H and O–H groups in total. The fourth-order valence-electron chi connectivity index (χ4n) is 2.12. The van der Waals surface area contributed by atoms with Crippen molar-refractivity contribution in [2.75, 3.05) is 6.61 Å². The number of halogens is 2. The van der Waals surface area contributed by atoms with Crippen LogP contribution in [0.5, 0.6) is 0 Å². The monoisotopic (exact) mass is 297 g/mol. The molecule has 3 nitrogen and oxygen atoms in total. The highest BCUT2D eigenvalue weighted by Crippen LogP contribution is 2.25. The smallest absolute Gasteiger partial charge is 0.198 e. The molecule has 0 unspecified atom stereocenters. The van der Waals surface area contributed by atoms with Crippen LogP contribution in [-0.4, -0.2) is 11.6 Å². The molecule has 1 aromatic heterocycles. The minimum Gasteiger partial charge on any atom is -0.376 e. The summed E-state index contributed by atoms with van der Waals surface area (Å²) in [7, 11) is 0. The Morgan fingerprint density at radius 1 is 1.41 bits per heavy atom. The summed E-state index contributed by atoms with van der Waals surface area (Å²) in [6.07, 6.45) is 0.656. The van der Waals surface area contributed by atoms with Crippen molar-refractivity contribution in [2.24, 2.45) is 0 Å². The van der Waals surface area contributed by atoms with Crippen molar-refractivity contribution in [1.82, 2.24) is 4.98 Å². The van der Waals surface area contributed by atoms with Crippen LogP contribution in [0.1, 0.15) is 11.3 Å². The Balaban J connectivity index is 2.48. The lowest BCUT2D eigenvalue weighted by Gasteiger charge is -2.17. The van der Waals surface area contributed by atoms with E-state index < -0.39 is 5.82 Å². The van der Waals surface area contributed by atoms with E-state index in [-0.39, 0.29) is 17.4 Å². The van der Waals surface area contributed by atoms with Crippen molar-refractivity contribution in [1.29, 1.82) is 0 Å². The van der Waals surface area contributed by atoms with Crippen LogP contribution >= 0.6 is 15.9 Å². The van der Waals surface area contributed by atoms with Crippen LogP contribution in [0.25, 0.3) is 10.9 Å². The minimum absolute atomic E-state index is 0.101. The molecule has 2 heterocycles.